The van der Waals surface area contributed by atoms with Gasteiger partial charge < -0.3 is 9.84 Å². The van der Waals surface area contributed by atoms with Gasteiger partial charge in [0.15, 0.2) is 0 Å². The first-order valence-corrected chi connectivity index (χ1v) is 7.67. The van der Waals surface area contributed by atoms with E-state index in [-0.39, 0.29) is 0 Å². The van der Waals surface area contributed by atoms with E-state index in [4.69, 9.17) is 4.74 Å². The maximum absolute atomic E-state index is 12.5. The highest BCUT2D eigenvalue weighted by atomic mass is 32.2. The Labute approximate surface area is 120 Å². The van der Waals surface area contributed by atoms with Gasteiger partial charge in [0.05, 0.1) is 4.90 Å². The fourth-order valence-corrected chi connectivity index (χ4v) is 3.84. The van der Waals surface area contributed by atoms with Crippen molar-refractivity contribution in [3.8, 4) is 5.75 Å². The third-order valence-corrected chi connectivity index (χ3v) is 5.30. The van der Waals surface area contributed by atoms with Crippen molar-refractivity contribution in [2.75, 3.05) is 0 Å². The second-order valence-corrected chi connectivity index (χ2v) is 6.67. The normalized spacial score (nSPS) is 23.8. The number of rotatable bonds is 2. The van der Waals surface area contributed by atoms with Crippen LogP contribution in [-0.2, 0) is 16.4 Å². The summed E-state index contributed by atoms with van der Waals surface area (Å²) in [6, 6.07) is 14.7. The Morgan fingerprint density at radius 2 is 1.80 bits per heavy atom. The van der Waals surface area contributed by atoms with Crippen LogP contribution in [-0.4, -0.2) is 14.8 Å². The predicted octanol–water partition coefficient (Wildman–Crippen LogP) is 2.73. The first-order valence-electron chi connectivity index (χ1n) is 6.46. The Balaban J connectivity index is 1.98. The Morgan fingerprint density at radius 1 is 1.15 bits per heavy atom. The summed E-state index contributed by atoms with van der Waals surface area (Å²) in [6.45, 7) is 3.63. The van der Waals surface area contributed by atoms with E-state index in [1.165, 1.54) is 0 Å². The van der Waals surface area contributed by atoms with Gasteiger partial charge >= 0.3 is 0 Å². The molecule has 0 saturated carbocycles. The van der Waals surface area contributed by atoms with Gasteiger partial charge in [-0.15, -0.1) is 0 Å². The van der Waals surface area contributed by atoms with Crippen molar-refractivity contribution >= 4 is 10.8 Å². The van der Waals surface area contributed by atoms with Gasteiger partial charge in [0, 0.05) is 0 Å². The topological polar surface area (TPSA) is 46.5 Å². The van der Waals surface area contributed by atoms with Crippen molar-refractivity contribution in [1.82, 2.24) is 0 Å². The molecule has 0 amide bonds. The number of ether oxygens (including phenoxy) is 1. The summed E-state index contributed by atoms with van der Waals surface area (Å²) in [7, 11) is -1.38. The van der Waals surface area contributed by atoms with Crippen LogP contribution in [0.3, 0.4) is 0 Å². The van der Waals surface area contributed by atoms with Crippen molar-refractivity contribution in [2.24, 2.45) is 0 Å². The van der Waals surface area contributed by atoms with E-state index < -0.39 is 21.8 Å². The van der Waals surface area contributed by atoms with Crippen molar-refractivity contribution in [3.05, 3.63) is 59.7 Å². The summed E-state index contributed by atoms with van der Waals surface area (Å²) in [5.74, 6) is 0.586. The summed E-state index contributed by atoms with van der Waals surface area (Å²) < 4.78 is 18.2. The second-order valence-electron chi connectivity index (χ2n) is 5.21. The van der Waals surface area contributed by atoms with Crippen LogP contribution in [0.5, 0.6) is 5.75 Å². The van der Waals surface area contributed by atoms with E-state index in [1.807, 2.05) is 43.3 Å². The number of hydrogen-bond donors (Lipinski definition) is 1. The van der Waals surface area contributed by atoms with Gasteiger partial charge in [-0.2, -0.15) is 0 Å². The highest BCUT2D eigenvalue weighted by molar-refractivity contribution is 7.86. The van der Waals surface area contributed by atoms with Crippen LogP contribution >= 0.6 is 0 Å². The number of aryl methyl sites for hydroxylation is 1. The van der Waals surface area contributed by atoms with Crippen LogP contribution < -0.4 is 4.74 Å². The number of aliphatic hydroxyl groups is 1. The molecule has 2 aromatic rings. The first-order chi connectivity index (χ1) is 9.50. The molecule has 0 fully saturated rings. The summed E-state index contributed by atoms with van der Waals surface area (Å²) in [4.78, 5) is 0.643. The number of hydrogen-bond acceptors (Lipinski definition) is 3. The number of fused-ring (bicyclic) bond motifs is 1. The summed E-state index contributed by atoms with van der Waals surface area (Å²) in [6.07, 6.45) is 0. The largest absolute Gasteiger partial charge is 0.472 e. The van der Waals surface area contributed by atoms with Gasteiger partial charge in [-0.1, -0.05) is 42.0 Å². The summed E-state index contributed by atoms with van der Waals surface area (Å²) in [5.41, 5.74) is -0.282. The zero-order valence-corrected chi connectivity index (χ0v) is 12.2. The van der Waals surface area contributed by atoms with Gasteiger partial charge in [0.1, 0.15) is 22.2 Å². The minimum absolute atomic E-state index is 0.586. The van der Waals surface area contributed by atoms with E-state index in [0.29, 0.717) is 16.2 Å². The Kier molecular flexibility index (Phi) is 3.15. The quantitative estimate of drug-likeness (QED) is 0.924. The predicted molar refractivity (Wildman–Crippen MR) is 78.0 cm³/mol. The lowest BCUT2D eigenvalue weighted by molar-refractivity contribution is -0.00945. The Morgan fingerprint density at radius 3 is 2.45 bits per heavy atom. The third-order valence-electron chi connectivity index (χ3n) is 3.59. The lowest BCUT2D eigenvalue weighted by Crippen LogP contribution is -2.41. The maximum Gasteiger partial charge on any atom is 0.210 e. The minimum atomic E-state index is -1.38. The molecule has 104 valence electrons. The molecule has 1 aliphatic heterocycles. The zero-order valence-electron chi connectivity index (χ0n) is 11.4. The molecule has 0 saturated heterocycles. The average Bonchev–Trinajstić information content (AvgIpc) is 2.78. The summed E-state index contributed by atoms with van der Waals surface area (Å²) in [5, 5.41) is 10.8. The molecule has 3 nitrogen and oxygen atoms in total. The SMILES string of the molecule is Cc1ccc(C(C)(O)C2Oc3ccccc3S2=O)cc1. The number of benzene rings is 2. The molecule has 0 spiro atoms. The van der Waals surface area contributed by atoms with Crippen LogP contribution in [0.15, 0.2) is 53.4 Å². The van der Waals surface area contributed by atoms with Gasteiger partial charge in [-0.3, -0.25) is 4.21 Å². The summed E-state index contributed by atoms with van der Waals surface area (Å²) >= 11 is 0. The van der Waals surface area contributed by atoms with Crippen molar-refractivity contribution in [2.45, 2.75) is 29.8 Å². The van der Waals surface area contributed by atoms with Gasteiger partial charge in [0.25, 0.3) is 0 Å². The molecule has 1 heterocycles. The molecule has 0 radical (unpaired) electrons. The molecule has 2 aromatic carbocycles. The van der Waals surface area contributed by atoms with Gasteiger partial charge in [-0.05, 0) is 31.5 Å². The molecule has 4 heteroatoms. The van der Waals surface area contributed by atoms with Crippen LogP contribution in [0, 0.1) is 6.92 Å². The van der Waals surface area contributed by atoms with Crippen molar-refractivity contribution < 1.29 is 14.1 Å². The van der Waals surface area contributed by atoms with Crippen LogP contribution in [0.2, 0.25) is 0 Å². The average molecular weight is 288 g/mol. The van der Waals surface area contributed by atoms with E-state index >= 15 is 0 Å². The first kappa shape index (κ1) is 13.3. The molecule has 3 rings (SSSR count). The highest BCUT2D eigenvalue weighted by Crippen LogP contribution is 2.40. The lowest BCUT2D eigenvalue weighted by Gasteiger charge is -2.28. The molecule has 3 unspecified atom stereocenters. The standard InChI is InChI=1S/C16H16O3S/c1-11-7-9-12(10-8-11)16(2,17)15-19-13-5-3-4-6-14(13)20(15)18/h3-10,15,17H,1-2H3. The molecular formula is C16H16O3S. The Bertz CT molecular complexity index is 662. The molecule has 0 aromatic heterocycles. The third kappa shape index (κ3) is 2.05. The molecule has 0 bridgehead atoms. The minimum Gasteiger partial charge on any atom is -0.472 e. The Hall–Kier alpha value is -1.65. The molecular weight excluding hydrogens is 272 g/mol. The molecule has 20 heavy (non-hydrogen) atoms. The zero-order chi connectivity index (χ0) is 14.3. The van der Waals surface area contributed by atoms with E-state index in [9.17, 15) is 9.32 Å². The maximum atomic E-state index is 12.5. The van der Waals surface area contributed by atoms with Crippen molar-refractivity contribution in [1.29, 1.82) is 0 Å². The smallest absolute Gasteiger partial charge is 0.210 e. The van der Waals surface area contributed by atoms with E-state index in [1.54, 1.807) is 19.1 Å². The van der Waals surface area contributed by atoms with E-state index in [2.05, 4.69) is 0 Å². The molecule has 1 aliphatic rings. The van der Waals surface area contributed by atoms with Gasteiger partial charge in [-0.25, -0.2) is 0 Å². The molecule has 1 N–H and O–H groups in total. The fraction of sp³-hybridized carbons (Fsp3) is 0.250. The number of para-hydroxylation sites is 1. The second kappa shape index (κ2) is 4.72. The highest BCUT2D eigenvalue weighted by Gasteiger charge is 2.45. The van der Waals surface area contributed by atoms with Crippen LogP contribution in [0.1, 0.15) is 18.1 Å². The van der Waals surface area contributed by atoms with E-state index in [0.717, 1.165) is 5.56 Å². The van der Waals surface area contributed by atoms with Crippen molar-refractivity contribution in [3.63, 3.8) is 0 Å². The monoisotopic (exact) mass is 288 g/mol. The van der Waals surface area contributed by atoms with Gasteiger partial charge in [0.2, 0.25) is 5.44 Å². The fourth-order valence-electron chi connectivity index (χ4n) is 2.34. The van der Waals surface area contributed by atoms with Crippen LogP contribution in [0.25, 0.3) is 0 Å². The molecule has 3 atom stereocenters. The van der Waals surface area contributed by atoms with Crippen LogP contribution in [0.4, 0.5) is 0 Å². The lowest BCUT2D eigenvalue weighted by atomic mass is 9.96. The molecule has 0 aliphatic carbocycles.